The van der Waals surface area contributed by atoms with Gasteiger partial charge < -0.3 is 4.57 Å². The van der Waals surface area contributed by atoms with Gasteiger partial charge in [0.25, 0.3) is 0 Å². The van der Waals surface area contributed by atoms with Gasteiger partial charge in [-0.05, 0) is 45.8 Å². The summed E-state index contributed by atoms with van der Waals surface area (Å²) in [6.45, 7) is 7.02. The van der Waals surface area contributed by atoms with Crippen molar-refractivity contribution in [2.24, 2.45) is 0 Å². The molecule has 1 heteroatoms. The van der Waals surface area contributed by atoms with Gasteiger partial charge in [-0.15, -0.1) is 0 Å². The predicted octanol–water partition coefficient (Wildman–Crippen LogP) is 8.55. The minimum Gasteiger partial charge on any atom is -0.308 e. The molecule has 0 saturated heterocycles. The summed E-state index contributed by atoms with van der Waals surface area (Å²) in [5.74, 6) is 0. The molecule has 5 aromatic carbocycles. The third kappa shape index (κ3) is 2.32. The van der Waals surface area contributed by atoms with Gasteiger partial charge in [0.05, 0.1) is 16.9 Å². The molecule has 33 heavy (non-hydrogen) atoms. The summed E-state index contributed by atoms with van der Waals surface area (Å²) in [6.07, 6.45) is 0. The number of aromatic nitrogens is 1. The molecule has 1 aromatic heterocycles. The monoisotopic (exact) mass is 423 g/mol. The zero-order chi connectivity index (χ0) is 22.3. The Balaban J connectivity index is 1.78. The fraction of sp³-hybridized carbons (Fsp3) is 0.125. The number of hydrogen-bond donors (Lipinski definition) is 0. The van der Waals surface area contributed by atoms with Crippen molar-refractivity contribution in [2.45, 2.75) is 26.2 Å². The fourth-order valence-corrected chi connectivity index (χ4v) is 6.19. The molecule has 1 heterocycles. The van der Waals surface area contributed by atoms with Crippen molar-refractivity contribution in [3.05, 3.63) is 114 Å². The summed E-state index contributed by atoms with van der Waals surface area (Å²) in [7, 11) is 0. The van der Waals surface area contributed by atoms with Gasteiger partial charge in [0.15, 0.2) is 0 Å². The molecular formula is C32H25N. The molecule has 6 aromatic rings. The molecule has 0 saturated carbocycles. The Morgan fingerprint density at radius 1 is 0.636 bits per heavy atom. The highest BCUT2D eigenvalue weighted by atomic mass is 15.0. The number of hydrogen-bond acceptors (Lipinski definition) is 0. The smallest absolute Gasteiger partial charge is 0.0585 e. The van der Waals surface area contributed by atoms with Gasteiger partial charge in [-0.1, -0.05) is 105 Å². The normalized spacial score (nSPS) is 14.2. The first-order valence-corrected chi connectivity index (χ1v) is 11.7. The third-order valence-corrected chi connectivity index (χ3v) is 7.66. The maximum absolute atomic E-state index is 2.56. The van der Waals surface area contributed by atoms with Gasteiger partial charge in [-0.2, -0.15) is 0 Å². The van der Waals surface area contributed by atoms with Crippen molar-refractivity contribution < 1.29 is 0 Å². The highest BCUT2D eigenvalue weighted by Gasteiger charge is 2.41. The average molecular weight is 424 g/mol. The van der Waals surface area contributed by atoms with E-state index in [1.165, 1.54) is 66.1 Å². The Morgan fingerprint density at radius 2 is 1.27 bits per heavy atom. The molecule has 158 valence electrons. The Kier molecular flexibility index (Phi) is 3.60. The summed E-state index contributed by atoms with van der Waals surface area (Å²) in [5.41, 5.74) is 9.37. The van der Waals surface area contributed by atoms with E-state index in [0.717, 1.165) is 0 Å². The molecule has 0 N–H and O–H groups in total. The quantitative estimate of drug-likeness (QED) is 0.250. The first-order chi connectivity index (χ1) is 16.1. The van der Waals surface area contributed by atoms with Crippen molar-refractivity contribution in [1.82, 2.24) is 4.57 Å². The van der Waals surface area contributed by atoms with Crippen LogP contribution in [-0.2, 0) is 5.41 Å². The van der Waals surface area contributed by atoms with E-state index >= 15 is 0 Å². The minimum absolute atomic E-state index is 0.0714. The van der Waals surface area contributed by atoms with Crippen molar-refractivity contribution in [2.75, 3.05) is 0 Å². The van der Waals surface area contributed by atoms with E-state index in [0.29, 0.717) is 0 Å². The molecule has 0 radical (unpaired) electrons. The predicted molar refractivity (Wildman–Crippen MR) is 141 cm³/mol. The molecule has 0 bridgehead atoms. The second-order valence-corrected chi connectivity index (χ2v) is 9.86. The van der Waals surface area contributed by atoms with E-state index in [1.807, 2.05) is 0 Å². The third-order valence-electron chi connectivity index (χ3n) is 7.66. The zero-order valence-electron chi connectivity index (χ0n) is 19.2. The maximum Gasteiger partial charge on any atom is 0.0585 e. The van der Waals surface area contributed by atoms with Crippen LogP contribution < -0.4 is 0 Å². The highest BCUT2D eigenvalue weighted by Crippen LogP contribution is 2.55. The maximum atomic E-state index is 2.56. The van der Waals surface area contributed by atoms with Crippen LogP contribution in [0.3, 0.4) is 0 Å². The Labute approximate surface area is 193 Å². The highest BCUT2D eigenvalue weighted by molar-refractivity contribution is 6.14. The van der Waals surface area contributed by atoms with Gasteiger partial charge >= 0.3 is 0 Å². The van der Waals surface area contributed by atoms with Gasteiger partial charge in [0.2, 0.25) is 0 Å². The Bertz CT molecular complexity index is 1750. The molecule has 0 fully saturated rings. The number of aryl methyl sites for hydroxylation is 1. The Hall–Kier alpha value is -3.84. The van der Waals surface area contributed by atoms with E-state index in [9.17, 15) is 0 Å². The lowest BCUT2D eigenvalue weighted by atomic mass is 9.81. The van der Waals surface area contributed by atoms with E-state index in [2.05, 4.69) is 122 Å². The summed E-state index contributed by atoms with van der Waals surface area (Å²) in [5, 5.41) is 6.60. The van der Waals surface area contributed by atoms with Gasteiger partial charge in [-0.25, -0.2) is 0 Å². The lowest BCUT2D eigenvalue weighted by Crippen LogP contribution is -2.14. The standard InChI is InChI=1S/C32H25N/c1-20-16-17-22-11-5-7-13-24(22)30(20)33-27-19-18-21-10-4-6-12-23(21)28(27)29-31(33)25-14-8-9-15-26(25)32(29,2)3/h4-19H,1-3H3. The zero-order valence-corrected chi connectivity index (χ0v) is 19.2. The van der Waals surface area contributed by atoms with Crippen molar-refractivity contribution in [3.8, 4) is 16.9 Å². The topological polar surface area (TPSA) is 4.93 Å². The summed E-state index contributed by atoms with van der Waals surface area (Å²) >= 11 is 0. The first-order valence-electron chi connectivity index (χ1n) is 11.7. The first kappa shape index (κ1) is 18.7. The molecule has 0 atom stereocenters. The molecule has 0 spiro atoms. The second kappa shape index (κ2) is 6.36. The molecule has 1 aliphatic rings. The van der Waals surface area contributed by atoms with E-state index < -0.39 is 0 Å². The minimum atomic E-state index is -0.0714. The van der Waals surface area contributed by atoms with E-state index in [-0.39, 0.29) is 5.41 Å². The number of benzene rings is 5. The largest absolute Gasteiger partial charge is 0.308 e. The van der Waals surface area contributed by atoms with Gasteiger partial charge in [0.1, 0.15) is 0 Å². The molecular weight excluding hydrogens is 398 g/mol. The van der Waals surface area contributed by atoms with Crippen LogP contribution in [0.1, 0.15) is 30.5 Å². The molecule has 0 aliphatic heterocycles. The van der Waals surface area contributed by atoms with E-state index in [1.54, 1.807) is 0 Å². The second-order valence-electron chi connectivity index (χ2n) is 9.86. The summed E-state index contributed by atoms with van der Waals surface area (Å²) < 4.78 is 2.56. The van der Waals surface area contributed by atoms with Crippen molar-refractivity contribution >= 4 is 32.4 Å². The fourth-order valence-electron chi connectivity index (χ4n) is 6.19. The van der Waals surface area contributed by atoms with Crippen LogP contribution >= 0.6 is 0 Å². The van der Waals surface area contributed by atoms with Crippen molar-refractivity contribution in [3.63, 3.8) is 0 Å². The van der Waals surface area contributed by atoms with Crippen LogP contribution in [0.5, 0.6) is 0 Å². The van der Waals surface area contributed by atoms with Gasteiger partial charge in [0, 0.05) is 21.8 Å². The molecule has 7 rings (SSSR count). The summed E-state index contributed by atoms with van der Waals surface area (Å²) in [6, 6.07) is 35.7. The van der Waals surface area contributed by atoms with Crippen LogP contribution in [-0.4, -0.2) is 4.57 Å². The van der Waals surface area contributed by atoms with Crippen molar-refractivity contribution in [1.29, 1.82) is 0 Å². The number of nitrogens with zero attached hydrogens (tertiary/aromatic N) is 1. The molecule has 1 nitrogen and oxygen atoms in total. The van der Waals surface area contributed by atoms with Crippen LogP contribution in [0.25, 0.3) is 49.4 Å². The summed E-state index contributed by atoms with van der Waals surface area (Å²) in [4.78, 5) is 0. The average Bonchev–Trinajstić information content (AvgIpc) is 3.30. The van der Waals surface area contributed by atoms with Gasteiger partial charge in [-0.3, -0.25) is 0 Å². The lowest BCUT2D eigenvalue weighted by molar-refractivity contribution is 0.666. The molecule has 0 amide bonds. The van der Waals surface area contributed by atoms with Crippen LogP contribution in [0.2, 0.25) is 0 Å². The molecule has 1 aliphatic carbocycles. The van der Waals surface area contributed by atoms with E-state index in [4.69, 9.17) is 0 Å². The van der Waals surface area contributed by atoms with Crippen LogP contribution in [0, 0.1) is 6.92 Å². The SMILES string of the molecule is Cc1ccc2ccccc2c1-n1c2c(c3c4ccccc4ccc31)C(C)(C)c1ccccc1-2. The Morgan fingerprint density at radius 3 is 2.09 bits per heavy atom. The van der Waals surface area contributed by atoms with Crippen LogP contribution in [0.4, 0.5) is 0 Å². The van der Waals surface area contributed by atoms with Crippen LogP contribution in [0.15, 0.2) is 97.1 Å². The molecule has 0 unspecified atom stereocenters. The number of rotatable bonds is 1. The lowest BCUT2D eigenvalue weighted by Gasteiger charge is -2.21. The number of fused-ring (bicyclic) bond motifs is 8.